The Morgan fingerprint density at radius 3 is 2.44 bits per heavy atom. The Hall–Kier alpha value is -5.16. The Morgan fingerprint density at radius 2 is 1.77 bits per heavy atom. The molecule has 9 nitrogen and oxygen atoms in total. The molecule has 0 saturated carbocycles. The fourth-order valence-electron chi connectivity index (χ4n) is 5.13. The van der Waals surface area contributed by atoms with Gasteiger partial charge in [-0.15, -0.1) is 0 Å². The molecule has 0 aliphatic rings. The Bertz CT molecular complexity index is 2100. The molecule has 11 heteroatoms. The smallest absolute Gasteiger partial charge is 0.255 e. The zero-order valence-corrected chi connectivity index (χ0v) is 24.5. The van der Waals surface area contributed by atoms with Gasteiger partial charge in [-0.05, 0) is 48.5 Å². The van der Waals surface area contributed by atoms with Crippen molar-refractivity contribution in [1.29, 1.82) is 0 Å². The third-order valence-electron chi connectivity index (χ3n) is 7.38. The maximum atomic E-state index is 13.7. The van der Waals surface area contributed by atoms with Crippen LogP contribution in [0.15, 0.2) is 83.4 Å². The summed E-state index contributed by atoms with van der Waals surface area (Å²) in [6, 6.07) is 20.6. The van der Waals surface area contributed by atoms with Gasteiger partial charge in [-0.1, -0.05) is 18.2 Å². The quantitative estimate of drug-likeness (QED) is 0.226. The van der Waals surface area contributed by atoms with E-state index in [4.69, 9.17) is 9.15 Å². The second-order valence-corrected chi connectivity index (χ2v) is 12.1. The van der Waals surface area contributed by atoms with Gasteiger partial charge in [-0.3, -0.25) is 9.10 Å². The summed E-state index contributed by atoms with van der Waals surface area (Å²) < 4.78 is 52.1. The zero-order chi connectivity index (χ0) is 30.5. The summed E-state index contributed by atoms with van der Waals surface area (Å²) >= 11 is 0. The Kier molecular flexibility index (Phi) is 6.89. The summed E-state index contributed by atoms with van der Waals surface area (Å²) in [5.41, 5.74) is 4.75. The molecule has 0 bridgehead atoms. The van der Waals surface area contributed by atoms with Crippen molar-refractivity contribution in [2.75, 3.05) is 31.8 Å². The number of aromatic nitrogens is 2. The summed E-state index contributed by atoms with van der Waals surface area (Å²) in [5.74, 6) is -0.244. The number of nitrogens with zero attached hydrogens (tertiary/aromatic N) is 2. The molecule has 3 heterocycles. The first kappa shape index (κ1) is 28.0. The molecule has 0 fully saturated rings. The molecule has 0 saturated heterocycles. The molecule has 0 aliphatic heterocycles. The Morgan fingerprint density at radius 1 is 1.02 bits per heavy atom. The highest BCUT2D eigenvalue weighted by Gasteiger charge is 2.26. The number of amides is 1. The van der Waals surface area contributed by atoms with E-state index in [2.05, 4.69) is 15.3 Å². The first-order valence-electron chi connectivity index (χ1n) is 13.2. The van der Waals surface area contributed by atoms with Crippen molar-refractivity contribution < 1.29 is 26.8 Å². The van der Waals surface area contributed by atoms with Crippen molar-refractivity contribution in [2.24, 2.45) is 0 Å². The van der Waals surface area contributed by atoms with Gasteiger partial charge in [0.2, 0.25) is 15.9 Å². The lowest BCUT2D eigenvalue weighted by atomic mass is 9.98. The van der Waals surface area contributed by atoms with E-state index in [9.17, 15) is 17.6 Å². The van der Waals surface area contributed by atoms with Crippen molar-refractivity contribution in [3.05, 3.63) is 90.4 Å². The maximum absolute atomic E-state index is 13.7. The number of halogens is 1. The van der Waals surface area contributed by atoms with Crippen molar-refractivity contribution in [1.82, 2.24) is 15.3 Å². The third-order valence-corrected chi connectivity index (χ3v) is 8.57. The first-order valence-corrected chi connectivity index (χ1v) is 15.1. The van der Waals surface area contributed by atoms with Gasteiger partial charge in [0.05, 0.1) is 35.9 Å². The lowest BCUT2D eigenvalue weighted by Crippen LogP contribution is -2.25. The fourth-order valence-corrected chi connectivity index (χ4v) is 5.64. The van der Waals surface area contributed by atoms with Crippen molar-refractivity contribution in [3.8, 4) is 39.6 Å². The molecule has 0 radical (unpaired) electrons. The van der Waals surface area contributed by atoms with Crippen LogP contribution >= 0.6 is 0 Å². The molecular weight excluding hydrogens is 571 g/mol. The molecule has 6 aromatic rings. The van der Waals surface area contributed by atoms with Gasteiger partial charge in [0.1, 0.15) is 17.2 Å². The van der Waals surface area contributed by atoms with Crippen LogP contribution in [-0.4, -0.2) is 51.8 Å². The van der Waals surface area contributed by atoms with Gasteiger partial charge in [-0.2, -0.15) is 0 Å². The number of carbonyl (C=O) groups excluding carboxylic acids is 1. The normalized spacial score (nSPS) is 11.7. The molecule has 6 rings (SSSR count). The standard InChI is InChI=1S/C32H27FN4O5S/c1-34-31(38)29-24-15-22(20-13-23(32(41-3)35-17-20)26-14-19-7-5-6-8-25(19)36-26)27(37(2)43(4,39)40)16-28(24)42-30(29)18-9-11-21(33)12-10-18/h5-17,36H,1-4H3,(H,34,38). The average Bonchev–Trinajstić information content (AvgIpc) is 3.61. The number of hydrogen-bond donors (Lipinski definition) is 2. The molecule has 0 unspecified atom stereocenters. The van der Waals surface area contributed by atoms with E-state index in [1.54, 1.807) is 18.3 Å². The van der Waals surface area contributed by atoms with Crippen molar-refractivity contribution in [3.63, 3.8) is 0 Å². The van der Waals surface area contributed by atoms with E-state index in [0.29, 0.717) is 39.2 Å². The highest BCUT2D eigenvalue weighted by atomic mass is 32.2. The third kappa shape index (κ3) is 4.97. The highest BCUT2D eigenvalue weighted by molar-refractivity contribution is 7.92. The molecule has 218 valence electrons. The number of H-pyrrole nitrogens is 1. The Labute approximate surface area is 247 Å². The summed E-state index contributed by atoms with van der Waals surface area (Å²) in [5, 5.41) is 4.10. The molecule has 0 aliphatic carbocycles. The van der Waals surface area contributed by atoms with Crippen LogP contribution in [0.4, 0.5) is 10.1 Å². The molecule has 0 spiro atoms. The molecule has 3 aromatic heterocycles. The number of hydrogen-bond acceptors (Lipinski definition) is 6. The van der Waals surface area contributed by atoms with Gasteiger partial charge in [-0.25, -0.2) is 17.8 Å². The summed E-state index contributed by atoms with van der Waals surface area (Å²) in [7, 11) is 0.765. The minimum atomic E-state index is -3.71. The molecule has 43 heavy (non-hydrogen) atoms. The number of rotatable bonds is 7. The average molecular weight is 599 g/mol. The van der Waals surface area contributed by atoms with Crippen LogP contribution in [0, 0.1) is 5.82 Å². The number of sulfonamides is 1. The molecule has 3 aromatic carbocycles. The van der Waals surface area contributed by atoms with Gasteiger partial charge in [0, 0.05) is 59.3 Å². The minimum absolute atomic E-state index is 0.228. The number of fused-ring (bicyclic) bond motifs is 2. The Balaban J connectivity index is 1.64. The molecule has 1 amide bonds. The van der Waals surface area contributed by atoms with E-state index in [1.807, 2.05) is 36.4 Å². The van der Waals surface area contributed by atoms with Crippen LogP contribution in [0.25, 0.3) is 55.6 Å². The van der Waals surface area contributed by atoms with E-state index in [1.165, 1.54) is 45.5 Å². The number of pyridine rings is 1. The number of furan rings is 1. The number of carbonyl (C=O) groups is 1. The van der Waals surface area contributed by atoms with Crippen LogP contribution in [-0.2, 0) is 10.0 Å². The van der Waals surface area contributed by atoms with Crippen LogP contribution < -0.4 is 14.4 Å². The SMILES string of the molecule is CNC(=O)c1c(-c2ccc(F)cc2)oc2cc(N(C)S(C)(=O)=O)c(-c3cnc(OC)c(-c4cc5ccccc5[nH]4)c3)cc12. The number of benzene rings is 3. The predicted molar refractivity (Wildman–Crippen MR) is 165 cm³/mol. The maximum Gasteiger partial charge on any atom is 0.255 e. The second-order valence-electron chi connectivity index (χ2n) is 10.0. The summed E-state index contributed by atoms with van der Waals surface area (Å²) in [6.07, 6.45) is 2.69. The van der Waals surface area contributed by atoms with Crippen molar-refractivity contribution >= 4 is 43.5 Å². The zero-order valence-electron chi connectivity index (χ0n) is 23.7. The predicted octanol–water partition coefficient (Wildman–Crippen LogP) is 6.21. The number of ether oxygens (including phenoxy) is 1. The monoisotopic (exact) mass is 598 g/mol. The van der Waals surface area contributed by atoms with Crippen molar-refractivity contribution in [2.45, 2.75) is 0 Å². The van der Waals surface area contributed by atoms with Gasteiger partial charge < -0.3 is 19.5 Å². The van der Waals surface area contributed by atoms with Crippen LogP contribution in [0.2, 0.25) is 0 Å². The minimum Gasteiger partial charge on any atom is -0.481 e. The first-order chi connectivity index (χ1) is 20.6. The van der Waals surface area contributed by atoms with E-state index >= 15 is 0 Å². The summed E-state index contributed by atoms with van der Waals surface area (Å²) in [6.45, 7) is 0. The van der Waals surface area contributed by atoms with Gasteiger partial charge >= 0.3 is 0 Å². The van der Waals surface area contributed by atoms with Crippen LogP contribution in [0.3, 0.4) is 0 Å². The number of para-hydroxylation sites is 1. The number of methoxy groups -OCH3 is 1. The molecular formula is C32H27FN4O5S. The van der Waals surface area contributed by atoms with Gasteiger partial charge in [0.15, 0.2) is 0 Å². The number of nitrogens with one attached hydrogen (secondary N) is 2. The van der Waals surface area contributed by atoms with Gasteiger partial charge in [0.25, 0.3) is 5.91 Å². The number of anilines is 1. The van der Waals surface area contributed by atoms with Crippen LogP contribution in [0.5, 0.6) is 5.88 Å². The van der Waals surface area contributed by atoms with E-state index in [-0.39, 0.29) is 16.9 Å². The number of aromatic amines is 1. The molecule has 0 atom stereocenters. The molecule has 2 N–H and O–H groups in total. The van der Waals surface area contributed by atoms with E-state index < -0.39 is 21.7 Å². The summed E-state index contributed by atoms with van der Waals surface area (Å²) in [4.78, 5) is 21.1. The lowest BCUT2D eigenvalue weighted by Gasteiger charge is -2.21. The van der Waals surface area contributed by atoms with E-state index in [0.717, 1.165) is 27.2 Å². The largest absolute Gasteiger partial charge is 0.481 e. The van der Waals surface area contributed by atoms with Crippen LogP contribution in [0.1, 0.15) is 10.4 Å². The fraction of sp³-hybridized carbons (Fsp3) is 0.125. The lowest BCUT2D eigenvalue weighted by molar-refractivity contribution is 0.0964. The topological polar surface area (TPSA) is 118 Å². The second kappa shape index (κ2) is 10.6. The highest BCUT2D eigenvalue weighted by Crippen LogP contribution is 2.43.